The summed E-state index contributed by atoms with van der Waals surface area (Å²) >= 11 is -2.74. The van der Waals surface area contributed by atoms with Gasteiger partial charge in [0.1, 0.15) is 0 Å². The van der Waals surface area contributed by atoms with E-state index >= 15 is 0 Å². The first-order chi connectivity index (χ1) is 19.5. The van der Waals surface area contributed by atoms with Gasteiger partial charge < -0.3 is 24.8 Å². The van der Waals surface area contributed by atoms with Crippen molar-refractivity contribution >= 4 is 3.21 Å². The van der Waals surface area contributed by atoms with Crippen LogP contribution < -0.4 is 24.8 Å². The fourth-order valence-electron chi connectivity index (χ4n) is 7.28. The normalized spacial score (nSPS) is 15.1. The van der Waals surface area contributed by atoms with Gasteiger partial charge >= 0.3 is 250 Å². The van der Waals surface area contributed by atoms with Gasteiger partial charge in [0.15, 0.2) is 0 Å². The van der Waals surface area contributed by atoms with E-state index < -0.39 is 21.3 Å². The van der Waals surface area contributed by atoms with Gasteiger partial charge in [0, 0.05) is 0 Å². The molecule has 42 heavy (non-hydrogen) atoms. The first-order valence-electron chi connectivity index (χ1n) is 15.1. The molecule has 0 aliphatic heterocycles. The van der Waals surface area contributed by atoms with Gasteiger partial charge in [0.2, 0.25) is 0 Å². The quantitative estimate of drug-likeness (QED) is 0.275. The van der Waals surface area contributed by atoms with Crippen molar-refractivity contribution in [2.24, 2.45) is 5.92 Å². The molecule has 0 amide bonds. The SMILES string of the molecule is CCC1=C(CC)C(CC)[C]([Zr+2](=[C](c2ccccc2)c2ccccc2)[CH]2c3cc(C)ccc3-c3ccc(C)cc32)=C1.[Cl-].[Cl-]. The van der Waals surface area contributed by atoms with E-state index in [2.05, 4.69) is 138 Å². The average molecular weight is 671 g/mol. The van der Waals surface area contributed by atoms with Crippen LogP contribution >= 0.6 is 0 Å². The number of aryl methyl sites for hydroxylation is 2. The Morgan fingerprint density at radius 2 is 1.14 bits per heavy atom. The molecule has 2 aliphatic rings. The Bertz CT molecular complexity index is 1570. The number of rotatable bonds is 7. The van der Waals surface area contributed by atoms with Crippen LogP contribution in [0.5, 0.6) is 0 Å². The molecular weight excluding hydrogens is 631 g/mol. The first-order valence-corrected chi connectivity index (χ1v) is 18.9. The standard InChI is InChI=1S/C15H13.C13H10.C11H17.2ClH.Zr/c1-10-3-5-14-12(7-10)9-13-8-11(2)4-6-15(13)14;1-3-7-12(8-4-1)11-13-9-5-2-6-10-13;1-4-9-7-8-10(5-2)11(9)6-3;;;/h3-9H,1-2H3;1-10H;7,10H,4-6H2,1-3H3;2*1H;/q;;;;;+2/p-2. The fourth-order valence-corrected chi connectivity index (χ4v) is 17.2. The molecule has 0 heterocycles. The molecule has 4 aromatic rings. The van der Waals surface area contributed by atoms with E-state index in [1.807, 2.05) is 0 Å². The van der Waals surface area contributed by atoms with Crippen LogP contribution in [0.25, 0.3) is 11.1 Å². The van der Waals surface area contributed by atoms with Crippen LogP contribution in [0.1, 0.15) is 77.0 Å². The Morgan fingerprint density at radius 1 is 0.643 bits per heavy atom. The molecule has 0 radical (unpaired) electrons. The maximum absolute atomic E-state index is 2.74. The zero-order chi connectivity index (χ0) is 27.8. The van der Waals surface area contributed by atoms with Crippen molar-refractivity contribution in [3.63, 3.8) is 0 Å². The Hall–Kier alpha value is -2.31. The molecule has 1 atom stereocenters. The van der Waals surface area contributed by atoms with Gasteiger partial charge in [-0.1, -0.05) is 0 Å². The second-order valence-electron chi connectivity index (χ2n) is 11.5. The summed E-state index contributed by atoms with van der Waals surface area (Å²) in [5.74, 6) is 0.568. The van der Waals surface area contributed by atoms with Gasteiger partial charge in [0.25, 0.3) is 0 Å². The summed E-state index contributed by atoms with van der Waals surface area (Å²) < 4.78 is 3.90. The molecule has 2 aliphatic carbocycles. The number of halogens is 2. The number of allylic oxidation sites excluding steroid dienone is 4. The molecule has 0 saturated carbocycles. The van der Waals surface area contributed by atoms with Crippen molar-refractivity contribution in [2.45, 2.75) is 57.5 Å². The average Bonchev–Trinajstić information content (AvgIpc) is 3.50. The summed E-state index contributed by atoms with van der Waals surface area (Å²) in [6, 6.07) is 37.2. The minimum atomic E-state index is -2.74. The van der Waals surface area contributed by atoms with Crippen molar-refractivity contribution in [2.75, 3.05) is 0 Å². The van der Waals surface area contributed by atoms with Crippen molar-refractivity contribution in [3.8, 4) is 11.1 Å². The Morgan fingerprint density at radius 3 is 1.57 bits per heavy atom. The molecule has 0 bridgehead atoms. The Kier molecular flexibility index (Phi) is 10.9. The molecule has 4 aromatic carbocycles. The van der Waals surface area contributed by atoms with E-state index in [-0.39, 0.29) is 24.8 Å². The molecular formula is C39H40Cl2Zr. The van der Waals surface area contributed by atoms with Gasteiger partial charge in [-0.25, -0.2) is 0 Å². The summed E-state index contributed by atoms with van der Waals surface area (Å²) in [4.78, 5) is 0. The summed E-state index contributed by atoms with van der Waals surface area (Å²) in [6.45, 7) is 11.7. The predicted molar refractivity (Wildman–Crippen MR) is 169 cm³/mol. The smallest absolute Gasteiger partial charge is 1.00 e. The predicted octanol–water partition coefficient (Wildman–Crippen LogP) is 4.31. The van der Waals surface area contributed by atoms with Gasteiger partial charge in [-0.15, -0.1) is 0 Å². The largest absolute Gasteiger partial charge is 1.00 e. The van der Waals surface area contributed by atoms with E-state index in [0.717, 1.165) is 12.8 Å². The summed E-state index contributed by atoms with van der Waals surface area (Å²) in [7, 11) is 0. The summed E-state index contributed by atoms with van der Waals surface area (Å²) in [5.41, 5.74) is 14.9. The maximum atomic E-state index is 2.71. The Labute approximate surface area is 273 Å². The monoisotopic (exact) mass is 668 g/mol. The molecule has 0 fully saturated rings. The van der Waals surface area contributed by atoms with E-state index in [9.17, 15) is 0 Å². The third kappa shape index (κ3) is 5.78. The molecule has 1 unspecified atom stereocenters. The summed E-state index contributed by atoms with van der Waals surface area (Å²) in [6.07, 6.45) is 6.17. The van der Waals surface area contributed by atoms with Gasteiger partial charge in [-0.3, -0.25) is 0 Å². The number of hydrogen-bond donors (Lipinski definition) is 0. The number of benzene rings is 4. The molecule has 3 heteroatoms. The minimum absolute atomic E-state index is 0. The molecule has 0 N–H and O–H groups in total. The van der Waals surface area contributed by atoms with Crippen molar-refractivity contribution in [3.05, 3.63) is 151 Å². The van der Waals surface area contributed by atoms with Crippen LogP contribution in [0.2, 0.25) is 0 Å². The number of fused-ring (bicyclic) bond motifs is 3. The van der Waals surface area contributed by atoms with Crippen LogP contribution in [0.4, 0.5) is 0 Å². The van der Waals surface area contributed by atoms with Gasteiger partial charge in [-0.05, 0) is 0 Å². The molecule has 0 nitrogen and oxygen atoms in total. The number of hydrogen-bond acceptors (Lipinski definition) is 0. The van der Waals surface area contributed by atoms with Crippen LogP contribution in [-0.2, 0) is 21.3 Å². The topological polar surface area (TPSA) is 0 Å². The van der Waals surface area contributed by atoms with E-state index in [4.69, 9.17) is 0 Å². The fraction of sp³-hybridized carbons (Fsp3) is 0.256. The van der Waals surface area contributed by atoms with Crippen molar-refractivity contribution < 1.29 is 46.1 Å². The second kappa shape index (κ2) is 14.0. The zero-order valence-electron chi connectivity index (χ0n) is 25.3. The van der Waals surface area contributed by atoms with Crippen molar-refractivity contribution in [1.29, 1.82) is 0 Å². The van der Waals surface area contributed by atoms with Crippen LogP contribution in [-0.4, -0.2) is 3.21 Å². The molecule has 6 rings (SSSR count). The van der Waals surface area contributed by atoms with E-state index in [0.29, 0.717) is 9.54 Å². The molecule has 0 spiro atoms. The summed E-state index contributed by atoms with van der Waals surface area (Å²) in [5, 5.41) is 0. The minimum Gasteiger partial charge on any atom is -1.00 e. The van der Waals surface area contributed by atoms with Crippen molar-refractivity contribution in [1.82, 2.24) is 0 Å². The maximum Gasteiger partial charge on any atom is -1.00 e. The molecule has 0 aromatic heterocycles. The van der Waals surface area contributed by atoms with Gasteiger partial charge in [-0.2, -0.15) is 0 Å². The molecule has 0 saturated heterocycles. The Balaban J connectivity index is 0.00000202. The first kappa shape index (κ1) is 32.6. The van der Waals surface area contributed by atoms with E-state index in [1.54, 1.807) is 28.8 Å². The van der Waals surface area contributed by atoms with Gasteiger partial charge in [0.05, 0.1) is 0 Å². The van der Waals surface area contributed by atoms with Crippen LogP contribution in [0.3, 0.4) is 0 Å². The third-order valence-corrected chi connectivity index (χ3v) is 17.5. The van der Waals surface area contributed by atoms with Crippen LogP contribution in [0.15, 0.2) is 118 Å². The van der Waals surface area contributed by atoms with E-state index in [1.165, 1.54) is 39.8 Å². The third-order valence-electron chi connectivity index (χ3n) is 9.03. The molecule has 214 valence electrons. The van der Waals surface area contributed by atoms with Crippen LogP contribution in [0, 0.1) is 19.8 Å². The second-order valence-corrected chi connectivity index (χ2v) is 17.6. The zero-order valence-corrected chi connectivity index (χ0v) is 29.3.